The number of carbonyl (C=O) groups excluding carboxylic acids is 2. The number of hydrogen-bond donors (Lipinski definition) is 1. The van der Waals surface area contributed by atoms with E-state index in [4.69, 9.17) is 0 Å². The maximum atomic E-state index is 12.5. The Morgan fingerprint density at radius 2 is 1.88 bits per heavy atom. The van der Waals surface area contributed by atoms with E-state index in [2.05, 4.69) is 10.2 Å². The Bertz CT molecular complexity index is 672. The van der Waals surface area contributed by atoms with E-state index < -0.39 is 30.5 Å². The lowest BCUT2D eigenvalue weighted by Crippen LogP contribution is -2.36. The molecule has 2 aliphatic heterocycles. The lowest BCUT2D eigenvalue weighted by Gasteiger charge is -2.20. The first kappa shape index (κ1) is 18.7. The van der Waals surface area contributed by atoms with Crippen molar-refractivity contribution in [2.75, 3.05) is 31.5 Å². The fourth-order valence-electron chi connectivity index (χ4n) is 3.51. The number of amides is 2. The standard InChI is InChI=1S/C18H22F3N3O2/c19-18(20,21)12-24-11-14(9-16(24)25)17(26)22-15-6-2-1-5-13(15)10-23-7-3-4-8-23/h1-2,5-6,14H,3-4,7-12H2,(H,22,26). The summed E-state index contributed by atoms with van der Waals surface area (Å²) >= 11 is 0. The van der Waals surface area contributed by atoms with Crippen LogP contribution in [0, 0.1) is 5.92 Å². The zero-order valence-corrected chi connectivity index (χ0v) is 14.4. The predicted molar refractivity (Wildman–Crippen MR) is 90.3 cm³/mol. The molecule has 1 N–H and O–H groups in total. The number of rotatable bonds is 5. The van der Waals surface area contributed by atoms with Crippen LogP contribution in [0.4, 0.5) is 18.9 Å². The van der Waals surface area contributed by atoms with Gasteiger partial charge in [-0.2, -0.15) is 13.2 Å². The molecule has 2 heterocycles. The van der Waals surface area contributed by atoms with Crippen molar-refractivity contribution < 1.29 is 22.8 Å². The summed E-state index contributed by atoms with van der Waals surface area (Å²) < 4.78 is 37.5. The molecule has 26 heavy (non-hydrogen) atoms. The molecule has 1 aromatic rings. The van der Waals surface area contributed by atoms with Crippen molar-refractivity contribution in [1.29, 1.82) is 0 Å². The zero-order valence-electron chi connectivity index (χ0n) is 14.4. The van der Waals surface area contributed by atoms with Gasteiger partial charge in [-0.15, -0.1) is 0 Å². The highest BCUT2D eigenvalue weighted by Crippen LogP contribution is 2.26. The molecule has 142 valence electrons. The Kier molecular flexibility index (Phi) is 5.50. The summed E-state index contributed by atoms with van der Waals surface area (Å²) in [4.78, 5) is 27.2. The summed E-state index contributed by atoms with van der Waals surface area (Å²) in [5.41, 5.74) is 1.63. The normalized spacial score (nSPS) is 21.4. The quantitative estimate of drug-likeness (QED) is 0.868. The van der Waals surface area contributed by atoms with Crippen LogP contribution in [0.5, 0.6) is 0 Å². The molecule has 1 atom stereocenters. The number of alkyl halides is 3. The highest BCUT2D eigenvalue weighted by Gasteiger charge is 2.40. The van der Waals surface area contributed by atoms with Crippen molar-refractivity contribution in [3.63, 3.8) is 0 Å². The topological polar surface area (TPSA) is 52.7 Å². The summed E-state index contributed by atoms with van der Waals surface area (Å²) in [6.07, 6.45) is -2.32. The van der Waals surface area contributed by atoms with E-state index in [-0.39, 0.29) is 13.0 Å². The van der Waals surface area contributed by atoms with E-state index in [9.17, 15) is 22.8 Å². The number of hydrogen-bond acceptors (Lipinski definition) is 3. The zero-order chi connectivity index (χ0) is 18.7. The van der Waals surface area contributed by atoms with Gasteiger partial charge in [0.15, 0.2) is 0 Å². The lowest BCUT2D eigenvalue weighted by atomic mass is 10.1. The lowest BCUT2D eigenvalue weighted by molar-refractivity contribution is -0.157. The number of halogens is 3. The molecule has 1 aromatic carbocycles. The van der Waals surface area contributed by atoms with Crippen molar-refractivity contribution in [3.05, 3.63) is 29.8 Å². The Morgan fingerprint density at radius 3 is 2.58 bits per heavy atom. The third-order valence-corrected chi connectivity index (χ3v) is 4.82. The second-order valence-corrected chi connectivity index (χ2v) is 6.92. The summed E-state index contributed by atoms with van der Waals surface area (Å²) in [6, 6.07) is 7.42. The molecule has 0 aromatic heterocycles. The van der Waals surface area contributed by atoms with Gasteiger partial charge in [-0.05, 0) is 37.6 Å². The molecule has 1 unspecified atom stereocenters. The highest BCUT2D eigenvalue weighted by atomic mass is 19.4. The SMILES string of the molecule is O=C(Nc1ccccc1CN1CCCC1)C1CC(=O)N(CC(F)(F)F)C1. The third kappa shape index (κ3) is 4.75. The Labute approximate surface area is 150 Å². The first-order valence-electron chi connectivity index (χ1n) is 8.77. The minimum Gasteiger partial charge on any atom is -0.333 e. The number of para-hydroxylation sites is 1. The van der Waals surface area contributed by atoms with Crippen molar-refractivity contribution in [3.8, 4) is 0 Å². The fourth-order valence-corrected chi connectivity index (χ4v) is 3.51. The van der Waals surface area contributed by atoms with Crippen LogP contribution in [0.25, 0.3) is 0 Å². The first-order chi connectivity index (χ1) is 12.3. The van der Waals surface area contributed by atoms with Crippen LogP contribution in [0.1, 0.15) is 24.8 Å². The Morgan fingerprint density at radius 1 is 1.19 bits per heavy atom. The number of benzene rings is 1. The largest absolute Gasteiger partial charge is 0.406 e. The number of carbonyl (C=O) groups is 2. The molecule has 2 saturated heterocycles. The second kappa shape index (κ2) is 7.65. The van der Waals surface area contributed by atoms with Gasteiger partial charge in [0.05, 0.1) is 5.92 Å². The summed E-state index contributed by atoms with van der Waals surface area (Å²) in [7, 11) is 0. The molecule has 0 aliphatic carbocycles. The molecule has 0 saturated carbocycles. The minimum atomic E-state index is -4.46. The maximum Gasteiger partial charge on any atom is 0.406 e. The van der Waals surface area contributed by atoms with Crippen molar-refractivity contribution >= 4 is 17.5 Å². The highest BCUT2D eigenvalue weighted by molar-refractivity contribution is 5.97. The van der Waals surface area contributed by atoms with E-state index in [1.807, 2.05) is 12.1 Å². The molecule has 5 nitrogen and oxygen atoms in total. The monoisotopic (exact) mass is 369 g/mol. The summed E-state index contributed by atoms with van der Waals surface area (Å²) in [5.74, 6) is -1.80. The van der Waals surface area contributed by atoms with Crippen molar-refractivity contribution in [1.82, 2.24) is 9.80 Å². The summed E-state index contributed by atoms with van der Waals surface area (Å²) in [6.45, 7) is 1.26. The van der Waals surface area contributed by atoms with Crippen molar-refractivity contribution in [2.45, 2.75) is 32.0 Å². The van der Waals surface area contributed by atoms with Crippen molar-refractivity contribution in [2.24, 2.45) is 5.92 Å². The van der Waals surface area contributed by atoms with Crippen LogP contribution in [0.3, 0.4) is 0 Å². The van der Waals surface area contributed by atoms with Gasteiger partial charge in [-0.1, -0.05) is 18.2 Å². The molecule has 3 rings (SSSR count). The van der Waals surface area contributed by atoms with Gasteiger partial charge in [-0.3, -0.25) is 14.5 Å². The van der Waals surface area contributed by atoms with Gasteiger partial charge in [0, 0.05) is 25.2 Å². The minimum absolute atomic E-state index is 0.184. The van der Waals surface area contributed by atoms with Crippen LogP contribution in [0.2, 0.25) is 0 Å². The van der Waals surface area contributed by atoms with Gasteiger partial charge in [0.25, 0.3) is 0 Å². The Hall–Kier alpha value is -2.09. The van der Waals surface area contributed by atoms with E-state index in [0.717, 1.165) is 38.0 Å². The fraction of sp³-hybridized carbons (Fsp3) is 0.556. The van der Waals surface area contributed by atoms with Gasteiger partial charge >= 0.3 is 6.18 Å². The van der Waals surface area contributed by atoms with Crippen LogP contribution in [-0.2, 0) is 16.1 Å². The molecular formula is C18H22F3N3O2. The van der Waals surface area contributed by atoms with E-state index in [0.29, 0.717) is 10.6 Å². The average Bonchev–Trinajstić information content (AvgIpc) is 3.18. The number of anilines is 1. The molecule has 2 amide bonds. The third-order valence-electron chi connectivity index (χ3n) is 4.82. The van der Waals surface area contributed by atoms with Gasteiger partial charge in [0.1, 0.15) is 6.54 Å². The van der Waals surface area contributed by atoms with Gasteiger partial charge in [0.2, 0.25) is 11.8 Å². The number of likely N-dealkylation sites (tertiary alicyclic amines) is 2. The van der Waals surface area contributed by atoms with Crippen LogP contribution < -0.4 is 5.32 Å². The summed E-state index contributed by atoms with van der Waals surface area (Å²) in [5, 5.41) is 2.80. The second-order valence-electron chi connectivity index (χ2n) is 6.92. The van der Waals surface area contributed by atoms with Crippen LogP contribution >= 0.6 is 0 Å². The van der Waals surface area contributed by atoms with Crippen LogP contribution in [0.15, 0.2) is 24.3 Å². The molecule has 2 fully saturated rings. The van der Waals surface area contributed by atoms with E-state index >= 15 is 0 Å². The molecule has 2 aliphatic rings. The molecule has 0 radical (unpaired) electrons. The predicted octanol–water partition coefficient (Wildman–Crippen LogP) is 2.63. The Balaban J connectivity index is 1.62. The average molecular weight is 369 g/mol. The van der Waals surface area contributed by atoms with Crippen LogP contribution in [-0.4, -0.2) is 54.0 Å². The molecular weight excluding hydrogens is 347 g/mol. The maximum absolute atomic E-state index is 12.5. The van der Waals surface area contributed by atoms with Gasteiger partial charge in [-0.25, -0.2) is 0 Å². The smallest absolute Gasteiger partial charge is 0.333 e. The number of nitrogens with one attached hydrogen (secondary N) is 1. The van der Waals surface area contributed by atoms with Gasteiger partial charge < -0.3 is 10.2 Å². The number of nitrogens with zero attached hydrogens (tertiary/aromatic N) is 2. The molecule has 8 heteroatoms. The molecule has 0 spiro atoms. The van der Waals surface area contributed by atoms with E-state index in [1.54, 1.807) is 12.1 Å². The van der Waals surface area contributed by atoms with E-state index in [1.165, 1.54) is 0 Å². The molecule has 0 bridgehead atoms. The first-order valence-corrected chi connectivity index (χ1v) is 8.77.